The van der Waals surface area contributed by atoms with Gasteiger partial charge in [-0.1, -0.05) is 0 Å². The lowest BCUT2D eigenvalue weighted by atomic mass is 10.1. The highest BCUT2D eigenvalue weighted by Crippen LogP contribution is 2.33. The van der Waals surface area contributed by atoms with Crippen LogP contribution in [0.4, 0.5) is 10.2 Å². The van der Waals surface area contributed by atoms with E-state index in [2.05, 4.69) is 17.6 Å². The molecule has 0 amide bonds. The molecule has 1 aliphatic rings. The number of halogens is 1. The summed E-state index contributed by atoms with van der Waals surface area (Å²) in [6.45, 7) is -0.514. The first kappa shape index (κ1) is 14.0. The molecule has 3 atom stereocenters. The number of aliphatic hydroxyl groups is 2. The van der Waals surface area contributed by atoms with Crippen LogP contribution in [0, 0.1) is 0 Å². The summed E-state index contributed by atoms with van der Waals surface area (Å²) in [7, 11) is 0. The molecule has 0 spiro atoms. The molecule has 1 aliphatic heterocycles. The first-order valence-electron chi connectivity index (χ1n) is 5.31. The lowest BCUT2D eigenvalue weighted by molar-refractivity contribution is -0.0449. The van der Waals surface area contributed by atoms with E-state index < -0.39 is 30.7 Å². The van der Waals surface area contributed by atoms with Crippen LogP contribution in [0.3, 0.4) is 0 Å². The molecule has 0 aromatic carbocycles. The number of nitrogens with zero attached hydrogens (tertiary/aromatic N) is 2. The van der Waals surface area contributed by atoms with Gasteiger partial charge in [0.15, 0.2) is 6.23 Å². The standard InChI is InChI=1S/C10H12FN3O4S/c11-1-4-7(16)5(3-15)18-9(4)14-2-6(19)8(12)13-10(14)17/h1-2,5,7,9,15-16,19H,3H2,(H2,12,13,17). The third-order valence-corrected chi connectivity index (χ3v) is 3.15. The van der Waals surface area contributed by atoms with Crippen molar-refractivity contribution in [2.45, 2.75) is 23.3 Å². The molecule has 104 valence electrons. The van der Waals surface area contributed by atoms with Gasteiger partial charge < -0.3 is 20.7 Å². The number of aliphatic hydroxyl groups excluding tert-OH is 2. The second kappa shape index (κ2) is 5.29. The monoisotopic (exact) mass is 289 g/mol. The SMILES string of the molecule is Nc1nc(=O)n(C2OC(CO)C(O)C2=CF)cc1S. The topological polar surface area (TPSA) is 111 Å². The number of rotatable bonds is 2. The Labute approximate surface area is 112 Å². The highest BCUT2D eigenvalue weighted by Gasteiger charge is 2.40. The fraction of sp³-hybridized carbons (Fsp3) is 0.400. The molecular formula is C10H12FN3O4S. The van der Waals surface area contributed by atoms with Crippen molar-refractivity contribution in [1.82, 2.24) is 9.55 Å². The fourth-order valence-electron chi connectivity index (χ4n) is 1.81. The fourth-order valence-corrected chi connectivity index (χ4v) is 1.98. The Kier molecular flexibility index (Phi) is 3.90. The average Bonchev–Trinajstić information content (AvgIpc) is 2.70. The van der Waals surface area contributed by atoms with Gasteiger partial charge in [-0.2, -0.15) is 4.98 Å². The minimum absolute atomic E-state index is 0.0624. The maximum Gasteiger partial charge on any atom is 0.351 e. The van der Waals surface area contributed by atoms with E-state index in [1.807, 2.05) is 0 Å². The van der Waals surface area contributed by atoms with Crippen molar-refractivity contribution >= 4 is 18.4 Å². The van der Waals surface area contributed by atoms with E-state index in [0.29, 0.717) is 0 Å². The highest BCUT2D eigenvalue weighted by molar-refractivity contribution is 7.80. The summed E-state index contributed by atoms with van der Waals surface area (Å²) in [6.07, 6.45) is -2.17. The van der Waals surface area contributed by atoms with Gasteiger partial charge in [-0.05, 0) is 0 Å². The van der Waals surface area contributed by atoms with E-state index >= 15 is 0 Å². The number of nitrogens with two attached hydrogens (primary N) is 1. The summed E-state index contributed by atoms with van der Waals surface area (Å²) < 4.78 is 19.0. The molecule has 3 unspecified atom stereocenters. The molecule has 0 bridgehead atoms. The predicted molar refractivity (Wildman–Crippen MR) is 66.4 cm³/mol. The Morgan fingerprint density at radius 1 is 1.68 bits per heavy atom. The second-order valence-electron chi connectivity index (χ2n) is 3.96. The number of nitrogen functional groups attached to an aromatic ring is 1. The van der Waals surface area contributed by atoms with Crippen LogP contribution in [0.5, 0.6) is 0 Å². The van der Waals surface area contributed by atoms with Crippen LogP contribution < -0.4 is 11.4 Å². The van der Waals surface area contributed by atoms with Gasteiger partial charge in [0.1, 0.15) is 18.0 Å². The molecule has 2 rings (SSSR count). The number of hydrogen-bond donors (Lipinski definition) is 4. The number of aromatic nitrogens is 2. The molecule has 9 heteroatoms. The number of ether oxygens (including phenoxy) is 1. The lowest BCUT2D eigenvalue weighted by Crippen LogP contribution is -2.28. The van der Waals surface area contributed by atoms with Crippen LogP contribution >= 0.6 is 12.6 Å². The Morgan fingerprint density at radius 3 is 2.95 bits per heavy atom. The minimum Gasteiger partial charge on any atom is -0.394 e. The molecule has 2 heterocycles. The van der Waals surface area contributed by atoms with Gasteiger partial charge in [0.2, 0.25) is 0 Å². The molecule has 1 saturated heterocycles. The van der Waals surface area contributed by atoms with Crippen LogP contribution in [0.25, 0.3) is 0 Å². The summed E-state index contributed by atoms with van der Waals surface area (Å²) in [6, 6.07) is 0. The Morgan fingerprint density at radius 2 is 2.37 bits per heavy atom. The van der Waals surface area contributed by atoms with Gasteiger partial charge in [-0.25, -0.2) is 9.18 Å². The zero-order valence-corrected chi connectivity index (χ0v) is 10.5. The molecule has 0 aliphatic carbocycles. The molecule has 19 heavy (non-hydrogen) atoms. The number of thiol groups is 1. The Bertz CT molecular complexity index is 576. The largest absolute Gasteiger partial charge is 0.394 e. The third-order valence-electron chi connectivity index (χ3n) is 2.80. The maximum atomic E-state index is 12.8. The van der Waals surface area contributed by atoms with Crippen molar-refractivity contribution in [3.63, 3.8) is 0 Å². The molecule has 1 fully saturated rings. The summed E-state index contributed by atoms with van der Waals surface area (Å²) >= 11 is 4.01. The van der Waals surface area contributed by atoms with Crippen molar-refractivity contribution in [2.24, 2.45) is 0 Å². The van der Waals surface area contributed by atoms with Gasteiger partial charge in [0.25, 0.3) is 0 Å². The van der Waals surface area contributed by atoms with Crippen molar-refractivity contribution in [3.8, 4) is 0 Å². The van der Waals surface area contributed by atoms with Crippen LogP contribution in [-0.4, -0.2) is 38.6 Å². The Hall–Kier alpha value is -1.42. The molecule has 7 nitrogen and oxygen atoms in total. The van der Waals surface area contributed by atoms with Crippen LogP contribution in [0.15, 0.2) is 27.8 Å². The van der Waals surface area contributed by atoms with Gasteiger partial charge in [0.05, 0.1) is 17.8 Å². The number of hydrogen-bond acceptors (Lipinski definition) is 7. The summed E-state index contributed by atoms with van der Waals surface area (Å²) in [5.74, 6) is -0.0624. The van der Waals surface area contributed by atoms with Crippen LogP contribution in [0.2, 0.25) is 0 Å². The summed E-state index contributed by atoms with van der Waals surface area (Å²) in [5.41, 5.74) is 4.46. The van der Waals surface area contributed by atoms with Crippen molar-refractivity contribution in [1.29, 1.82) is 0 Å². The van der Waals surface area contributed by atoms with E-state index in [-0.39, 0.29) is 22.6 Å². The Balaban J connectivity index is 2.47. The smallest absolute Gasteiger partial charge is 0.351 e. The number of anilines is 1. The zero-order chi connectivity index (χ0) is 14.2. The van der Waals surface area contributed by atoms with E-state index in [9.17, 15) is 14.3 Å². The molecule has 0 saturated carbocycles. The van der Waals surface area contributed by atoms with Crippen molar-refractivity contribution < 1.29 is 19.3 Å². The normalized spacial score (nSPS) is 29.1. The van der Waals surface area contributed by atoms with Gasteiger partial charge in [-0.15, -0.1) is 12.6 Å². The quantitative estimate of drug-likeness (QED) is 0.532. The summed E-state index contributed by atoms with van der Waals surface area (Å²) in [4.78, 5) is 15.4. The molecule has 1 aromatic rings. The lowest BCUT2D eigenvalue weighted by Gasteiger charge is -2.15. The van der Waals surface area contributed by atoms with Gasteiger partial charge >= 0.3 is 5.69 Å². The first-order chi connectivity index (χ1) is 8.99. The van der Waals surface area contributed by atoms with Gasteiger partial charge in [-0.3, -0.25) is 4.57 Å². The van der Waals surface area contributed by atoms with E-state index in [4.69, 9.17) is 15.6 Å². The van der Waals surface area contributed by atoms with E-state index in [1.165, 1.54) is 6.20 Å². The molecule has 4 N–H and O–H groups in total. The summed E-state index contributed by atoms with van der Waals surface area (Å²) in [5, 5.41) is 18.7. The maximum absolute atomic E-state index is 12.8. The van der Waals surface area contributed by atoms with E-state index in [1.54, 1.807) is 0 Å². The highest BCUT2D eigenvalue weighted by atomic mass is 32.1. The molecular weight excluding hydrogens is 277 g/mol. The van der Waals surface area contributed by atoms with Crippen molar-refractivity contribution in [2.75, 3.05) is 12.3 Å². The predicted octanol–water partition coefficient (Wildman–Crippen LogP) is -0.782. The van der Waals surface area contributed by atoms with Crippen LogP contribution in [0.1, 0.15) is 6.23 Å². The van der Waals surface area contributed by atoms with Crippen LogP contribution in [-0.2, 0) is 4.74 Å². The zero-order valence-electron chi connectivity index (χ0n) is 9.60. The van der Waals surface area contributed by atoms with E-state index in [0.717, 1.165) is 4.57 Å². The van der Waals surface area contributed by atoms with Gasteiger partial charge in [0, 0.05) is 11.8 Å². The molecule has 1 aromatic heterocycles. The van der Waals surface area contributed by atoms with Crippen molar-refractivity contribution in [3.05, 3.63) is 28.6 Å². The molecule has 0 radical (unpaired) electrons. The third kappa shape index (κ3) is 2.37. The second-order valence-corrected chi connectivity index (χ2v) is 4.45. The minimum atomic E-state index is -1.34. The first-order valence-corrected chi connectivity index (χ1v) is 5.76. The average molecular weight is 289 g/mol.